The summed E-state index contributed by atoms with van der Waals surface area (Å²) in [7, 11) is 0. The highest BCUT2D eigenvalue weighted by molar-refractivity contribution is 8.00. The number of thioether (sulfide) groups is 1. The predicted octanol–water partition coefficient (Wildman–Crippen LogP) is 1.94. The van der Waals surface area contributed by atoms with Crippen molar-refractivity contribution in [2.45, 2.75) is 37.6 Å². The predicted molar refractivity (Wildman–Crippen MR) is 66.3 cm³/mol. The van der Waals surface area contributed by atoms with E-state index in [1.807, 2.05) is 18.7 Å². The van der Waals surface area contributed by atoms with Gasteiger partial charge in [0.1, 0.15) is 6.04 Å². The molecule has 90 valence electrons. The fraction of sp³-hybridized carbons (Fsp3) is 0.750. The topological polar surface area (TPSA) is 38.3 Å². The van der Waals surface area contributed by atoms with Crippen LogP contribution in [0.1, 0.15) is 26.2 Å². The number of hydrogen-bond acceptors (Lipinski definition) is 4. The average molecular weight is 241 g/mol. The Morgan fingerprint density at radius 1 is 1.56 bits per heavy atom. The third kappa shape index (κ3) is 2.80. The van der Waals surface area contributed by atoms with Gasteiger partial charge in [0, 0.05) is 5.75 Å². The molecule has 3 nitrogen and oxygen atoms in total. The molecule has 1 aliphatic carbocycles. The van der Waals surface area contributed by atoms with Gasteiger partial charge in [-0.25, -0.2) is 0 Å². The molecule has 2 rings (SSSR count). The Bertz CT molecular complexity index is 280. The first-order valence-electron chi connectivity index (χ1n) is 6.00. The SMILES string of the molecule is CCOC(=O)[C@H]1CS[C@@H]([C@H]2CC=CCC2)N1. The van der Waals surface area contributed by atoms with Crippen molar-refractivity contribution >= 4 is 17.7 Å². The van der Waals surface area contributed by atoms with Crippen LogP contribution in [0.2, 0.25) is 0 Å². The van der Waals surface area contributed by atoms with E-state index < -0.39 is 0 Å². The van der Waals surface area contributed by atoms with Crippen LogP contribution < -0.4 is 5.32 Å². The lowest BCUT2D eigenvalue weighted by Crippen LogP contribution is -2.40. The molecule has 4 heteroatoms. The van der Waals surface area contributed by atoms with Gasteiger partial charge in [0.25, 0.3) is 0 Å². The van der Waals surface area contributed by atoms with E-state index in [4.69, 9.17) is 4.74 Å². The maximum Gasteiger partial charge on any atom is 0.324 e. The number of carbonyl (C=O) groups is 1. The molecular formula is C12H19NO2S. The van der Waals surface area contributed by atoms with Crippen LogP contribution in [-0.2, 0) is 9.53 Å². The van der Waals surface area contributed by atoms with Crippen molar-refractivity contribution in [3.8, 4) is 0 Å². The van der Waals surface area contributed by atoms with Gasteiger partial charge in [0.15, 0.2) is 0 Å². The van der Waals surface area contributed by atoms with Gasteiger partial charge in [-0.3, -0.25) is 10.1 Å². The highest BCUT2D eigenvalue weighted by Crippen LogP contribution is 2.32. The van der Waals surface area contributed by atoms with Crippen molar-refractivity contribution in [2.24, 2.45) is 5.92 Å². The zero-order valence-corrected chi connectivity index (χ0v) is 10.5. The Kier molecular flexibility index (Phi) is 4.29. The number of nitrogens with one attached hydrogen (secondary N) is 1. The zero-order valence-electron chi connectivity index (χ0n) is 9.65. The molecule has 0 bridgehead atoms. The highest BCUT2D eigenvalue weighted by atomic mass is 32.2. The Hall–Kier alpha value is -0.480. The van der Waals surface area contributed by atoms with Gasteiger partial charge in [-0.05, 0) is 32.1 Å². The number of ether oxygens (including phenoxy) is 1. The Labute approximate surface area is 101 Å². The molecule has 0 aromatic carbocycles. The van der Waals surface area contributed by atoms with Gasteiger partial charge in [-0.15, -0.1) is 11.8 Å². The zero-order chi connectivity index (χ0) is 11.4. The second kappa shape index (κ2) is 5.73. The fourth-order valence-electron chi connectivity index (χ4n) is 2.24. The van der Waals surface area contributed by atoms with Gasteiger partial charge in [-0.2, -0.15) is 0 Å². The second-order valence-electron chi connectivity index (χ2n) is 4.27. The number of esters is 1. The third-order valence-electron chi connectivity index (χ3n) is 3.12. The minimum Gasteiger partial charge on any atom is -0.465 e. The fourth-order valence-corrected chi connectivity index (χ4v) is 3.65. The van der Waals surface area contributed by atoms with E-state index in [1.54, 1.807) is 0 Å². The van der Waals surface area contributed by atoms with Crippen LogP contribution in [-0.4, -0.2) is 29.7 Å². The summed E-state index contributed by atoms with van der Waals surface area (Å²) in [6, 6.07) is -0.0964. The lowest BCUT2D eigenvalue weighted by Gasteiger charge is -2.24. The summed E-state index contributed by atoms with van der Waals surface area (Å²) in [5, 5.41) is 3.83. The standard InChI is InChI=1S/C12H19NO2S/c1-2-15-12(14)10-8-16-11(13-10)9-6-4-3-5-7-9/h3-4,9-11,13H,2,5-8H2,1H3/t9-,10+,11-/m0/s1. The maximum atomic E-state index is 11.6. The van der Waals surface area contributed by atoms with E-state index in [0.29, 0.717) is 17.9 Å². The number of carbonyl (C=O) groups excluding carboxylic acids is 1. The van der Waals surface area contributed by atoms with Gasteiger partial charge in [-0.1, -0.05) is 12.2 Å². The highest BCUT2D eigenvalue weighted by Gasteiger charge is 2.34. The normalized spacial score (nSPS) is 33.9. The molecule has 0 aromatic rings. The second-order valence-corrected chi connectivity index (χ2v) is 5.44. The summed E-state index contributed by atoms with van der Waals surface area (Å²) >= 11 is 1.87. The van der Waals surface area contributed by atoms with Crippen LogP contribution in [0.5, 0.6) is 0 Å². The molecule has 3 atom stereocenters. The van der Waals surface area contributed by atoms with E-state index in [1.165, 1.54) is 12.8 Å². The van der Waals surface area contributed by atoms with Crippen molar-refractivity contribution in [3.63, 3.8) is 0 Å². The van der Waals surface area contributed by atoms with Crippen LogP contribution in [0.4, 0.5) is 0 Å². The molecule has 1 N–H and O–H groups in total. The van der Waals surface area contributed by atoms with Crippen molar-refractivity contribution in [2.75, 3.05) is 12.4 Å². The van der Waals surface area contributed by atoms with E-state index in [9.17, 15) is 4.79 Å². The third-order valence-corrected chi connectivity index (χ3v) is 4.52. The molecule has 0 spiro atoms. The molecule has 0 aromatic heterocycles. The van der Waals surface area contributed by atoms with Crippen LogP contribution in [0.3, 0.4) is 0 Å². The summed E-state index contributed by atoms with van der Waals surface area (Å²) in [6.07, 6.45) is 8.05. The molecular weight excluding hydrogens is 222 g/mol. The molecule has 16 heavy (non-hydrogen) atoms. The maximum absolute atomic E-state index is 11.6. The van der Waals surface area contributed by atoms with Crippen LogP contribution >= 0.6 is 11.8 Å². The van der Waals surface area contributed by atoms with E-state index in [0.717, 1.165) is 12.2 Å². The van der Waals surface area contributed by atoms with Gasteiger partial charge >= 0.3 is 5.97 Å². The quantitative estimate of drug-likeness (QED) is 0.605. The molecule has 1 fully saturated rings. The van der Waals surface area contributed by atoms with E-state index in [-0.39, 0.29) is 12.0 Å². The van der Waals surface area contributed by atoms with Gasteiger partial charge in [0.2, 0.25) is 0 Å². The Morgan fingerprint density at radius 3 is 3.12 bits per heavy atom. The molecule has 1 saturated heterocycles. The molecule has 2 aliphatic rings. The summed E-state index contributed by atoms with van der Waals surface area (Å²) in [6.45, 7) is 2.32. The molecule has 1 heterocycles. The molecule has 0 amide bonds. The van der Waals surface area contributed by atoms with Crippen molar-refractivity contribution in [3.05, 3.63) is 12.2 Å². The van der Waals surface area contributed by atoms with Crippen molar-refractivity contribution < 1.29 is 9.53 Å². The lowest BCUT2D eigenvalue weighted by molar-refractivity contribution is -0.144. The average Bonchev–Trinajstić information content (AvgIpc) is 2.80. The van der Waals surface area contributed by atoms with Crippen molar-refractivity contribution in [1.29, 1.82) is 0 Å². The first-order chi connectivity index (χ1) is 7.81. The first kappa shape index (κ1) is 12.0. The smallest absolute Gasteiger partial charge is 0.324 e. The Balaban J connectivity index is 1.83. The molecule has 0 saturated carbocycles. The van der Waals surface area contributed by atoms with Crippen LogP contribution in [0.25, 0.3) is 0 Å². The summed E-state index contributed by atoms with van der Waals surface area (Å²) in [5.41, 5.74) is 0. The molecule has 0 radical (unpaired) electrons. The van der Waals surface area contributed by atoms with Crippen LogP contribution in [0.15, 0.2) is 12.2 Å². The number of hydrogen-bond donors (Lipinski definition) is 1. The van der Waals surface area contributed by atoms with Crippen LogP contribution in [0, 0.1) is 5.92 Å². The Morgan fingerprint density at radius 2 is 2.44 bits per heavy atom. The number of allylic oxidation sites excluding steroid dienone is 2. The largest absolute Gasteiger partial charge is 0.465 e. The van der Waals surface area contributed by atoms with E-state index >= 15 is 0 Å². The minimum atomic E-state index is -0.0964. The van der Waals surface area contributed by atoms with Gasteiger partial charge in [0.05, 0.1) is 12.0 Å². The summed E-state index contributed by atoms with van der Waals surface area (Å²) in [4.78, 5) is 11.6. The van der Waals surface area contributed by atoms with Gasteiger partial charge < -0.3 is 4.74 Å². The summed E-state index contributed by atoms with van der Waals surface area (Å²) < 4.78 is 5.03. The molecule has 1 aliphatic heterocycles. The molecule has 0 unspecified atom stereocenters. The first-order valence-corrected chi connectivity index (χ1v) is 7.05. The number of rotatable bonds is 3. The van der Waals surface area contributed by atoms with Crippen molar-refractivity contribution in [1.82, 2.24) is 5.32 Å². The lowest BCUT2D eigenvalue weighted by atomic mass is 9.94. The summed E-state index contributed by atoms with van der Waals surface area (Å²) in [5.74, 6) is 1.43. The minimum absolute atomic E-state index is 0.0937. The monoisotopic (exact) mass is 241 g/mol. The van der Waals surface area contributed by atoms with E-state index in [2.05, 4.69) is 17.5 Å².